The third kappa shape index (κ3) is 3.10. The van der Waals surface area contributed by atoms with E-state index in [0.717, 1.165) is 17.5 Å². The van der Waals surface area contributed by atoms with Crippen LogP contribution in [-0.2, 0) is 6.54 Å². The molecule has 3 heteroatoms. The highest BCUT2D eigenvalue weighted by Gasteiger charge is 2.17. The standard InChI is InChI=1S/C17H22N2S/c1-13-6-5-9-19(10-13)11-15-12-20-17(18-15)16-8-4-3-7-14(16)2/h3-4,7-8,12-13H,5-6,9-11H2,1-2H3. The average Bonchev–Trinajstić information content (AvgIpc) is 2.87. The Bertz CT molecular complexity index is 576. The summed E-state index contributed by atoms with van der Waals surface area (Å²) in [6.45, 7) is 7.96. The molecule has 1 aromatic heterocycles. The van der Waals surface area contributed by atoms with Crippen LogP contribution in [0.4, 0.5) is 0 Å². The summed E-state index contributed by atoms with van der Waals surface area (Å²) < 4.78 is 0. The van der Waals surface area contributed by atoms with Crippen molar-refractivity contribution in [1.29, 1.82) is 0 Å². The molecule has 2 nitrogen and oxygen atoms in total. The van der Waals surface area contributed by atoms with Crippen molar-refractivity contribution in [2.75, 3.05) is 13.1 Å². The van der Waals surface area contributed by atoms with Crippen molar-refractivity contribution in [2.45, 2.75) is 33.2 Å². The van der Waals surface area contributed by atoms with Crippen LogP contribution in [-0.4, -0.2) is 23.0 Å². The van der Waals surface area contributed by atoms with Gasteiger partial charge in [-0.3, -0.25) is 4.90 Å². The van der Waals surface area contributed by atoms with E-state index in [1.54, 1.807) is 11.3 Å². The van der Waals surface area contributed by atoms with Crippen molar-refractivity contribution in [1.82, 2.24) is 9.88 Å². The minimum atomic E-state index is 0.832. The summed E-state index contributed by atoms with van der Waals surface area (Å²) in [5, 5.41) is 3.38. The van der Waals surface area contributed by atoms with E-state index in [1.165, 1.54) is 42.8 Å². The van der Waals surface area contributed by atoms with Crippen LogP contribution in [0.5, 0.6) is 0 Å². The monoisotopic (exact) mass is 286 g/mol. The van der Waals surface area contributed by atoms with Crippen LogP contribution in [0.2, 0.25) is 0 Å². The summed E-state index contributed by atoms with van der Waals surface area (Å²) in [4.78, 5) is 7.38. The fraction of sp³-hybridized carbons (Fsp3) is 0.471. The normalized spacial score (nSPS) is 20.2. The molecule has 106 valence electrons. The van der Waals surface area contributed by atoms with Crippen molar-refractivity contribution in [3.63, 3.8) is 0 Å². The lowest BCUT2D eigenvalue weighted by molar-refractivity contribution is 0.175. The van der Waals surface area contributed by atoms with E-state index < -0.39 is 0 Å². The fourth-order valence-electron chi connectivity index (χ4n) is 2.98. The molecule has 1 atom stereocenters. The number of aryl methyl sites for hydroxylation is 1. The molecule has 1 saturated heterocycles. The molecule has 20 heavy (non-hydrogen) atoms. The number of benzene rings is 1. The Morgan fingerprint density at radius 3 is 3.00 bits per heavy atom. The summed E-state index contributed by atoms with van der Waals surface area (Å²) in [5.74, 6) is 0.832. The molecule has 2 aromatic rings. The molecule has 1 aromatic carbocycles. The molecule has 2 heterocycles. The van der Waals surface area contributed by atoms with Crippen LogP contribution in [0.25, 0.3) is 10.6 Å². The van der Waals surface area contributed by atoms with Crippen molar-refractivity contribution in [3.8, 4) is 10.6 Å². The number of nitrogens with zero attached hydrogens (tertiary/aromatic N) is 2. The van der Waals surface area contributed by atoms with Gasteiger partial charge in [0.15, 0.2) is 0 Å². The zero-order valence-electron chi connectivity index (χ0n) is 12.3. The summed E-state index contributed by atoms with van der Waals surface area (Å²) >= 11 is 1.77. The van der Waals surface area contributed by atoms with E-state index in [1.807, 2.05) is 0 Å². The first kappa shape index (κ1) is 13.8. The second-order valence-electron chi connectivity index (χ2n) is 5.94. The minimum Gasteiger partial charge on any atom is -0.297 e. The zero-order chi connectivity index (χ0) is 13.9. The van der Waals surface area contributed by atoms with Crippen LogP contribution in [0.15, 0.2) is 29.6 Å². The van der Waals surface area contributed by atoms with E-state index in [0.29, 0.717) is 0 Å². The second-order valence-corrected chi connectivity index (χ2v) is 6.80. The van der Waals surface area contributed by atoms with Crippen LogP contribution in [0.1, 0.15) is 31.0 Å². The smallest absolute Gasteiger partial charge is 0.123 e. The molecule has 0 N–H and O–H groups in total. The van der Waals surface area contributed by atoms with Gasteiger partial charge in [0.25, 0.3) is 0 Å². The molecule has 1 unspecified atom stereocenters. The van der Waals surface area contributed by atoms with Crippen molar-refractivity contribution < 1.29 is 0 Å². The quantitative estimate of drug-likeness (QED) is 0.834. The summed E-state index contributed by atoms with van der Waals surface area (Å²) in [7, 11) is 0. The summed E-state index contributed by atoms with van der Waals surface area (Å²) in [5.41, 5.74) is 3.80. The highest BCUT2D eigenvalue weighted by Crippen LogP contribution is 2.27. The first-order chi connectivity index (χ1) is 9.72. The Morgan fingerprint density at radius 1 is 1.35 bits per heavy atom. The predicted molar refractivity (Wildman–Crippen MR) is 86.0 cm³/mol. The Morgan fingerprint density at radius 2 is 2.20 bits per heavy atom. The zero-order valence-corrected chi connectivity index (χ0v) is 13.1. The van der Waals surface area contributed by atoms with Gasteiger partial charge in [-0.25, -0.2) is 4.98 Å². The van der Waals surface area contributed by atoms with Gasteiger partial charge in [0.1, 0.15) is 5.01 Å². The second kappa shape index (κ2) is 6.06. The number of likely N-dealkylation sites (tertiary alicyclic amines) is 1. The number of aromatic nitrogens is 1. The van der Waals surface area contributed by atoms with Gasteiger partial charge in [-0.05, 0) is 37.8 Å². The average molecular weight is 286 g/mol. The lowest BCUT2D eigenvalue weighted by Crippen LogP contribution is -2.33. The largest absolute Gasteiger partial charge is 0.297 e. The predicted octanol–water partition coefficient (Wildman–Crippen LogP) is 4.35. The molecular formula is C17H22N2S. The van der Waals surface area contributed by atoms with Crippen molar-refractivity contribution >= 4 is 11.3 Å². The lowest BCUT2D eigenvalue weighted by atomic mass is 10.0. The van der Waals surface area contributed by atoms with Crippen LogP contribution in [0, 0.1) is 12.8 Å². The van der Waals surface area contributed by atoms with Crippen molar-refractivity contribution in [3.05, 3.63) is 40.9 Å². The fourth-order valence-corrected chi connectivity index (χ4v) is 3.88. The topological polar surface area (TPSA) is 16.1 Å². The Labute approximate surface area is 125 Å². The molecule has 1 aliphatic rings. The van der Waals surface area contributed by atoms with Crippen LogP contribution < -0.4 is 0 Å². The van der Waals surface area contributed by atoms with Gasteiger partial charge in [0.2, 0.25) is 0 Å². The molecule has 0 bridgehead atoms. The van der Waals surface area contributed by atoms with Gasteiger partial charge in [-0.15, -0.1) is 11.3 Å². The SMILES string of the molecule is Cc1ccccc1-c1nc(CN2CCCC(C)C2)cs1. The molecule has 0 amide bonds. The molecule has 3 rings (SSSR count). The van der Waals surface area contributed by atoms with Crippen molar-refractivity contribution in [2.24, 2.45) is 5.92 Å². The van der Waals surface area contributed by atoms with Gasteiger partial charge in [0, 0.05) is 24.0 Å². The van der Waals surface area contributed by atoms with Gasteiger partial charge < -0.3 is 0 Å². The van der Waals surface area contributed by atoms with E-state index >= 15 is 0 Å². The van der Waals surface area contributed by atoms with Gasteiger partial charge in [-0.2, -0.15) is 0 Å². The van der Waals surface area contributed by atoms with Gasteiger partial charge in [0.05, 0.1) is 5.69 Å². The Balaban J connectivity index is 1.72. The maximum atomic E-state index is 4.84. The molecule has 0 spiro atoms. The molecule has 1 aliphatic heterocycles. The minimum absolute atomic E-state index is 0.832. The van der Waals surface area contributed by atoms with E-state index in [4.69, 9.17) is 4.98 Å². The number of hydrogen-bond donors (Lipinski definition) is 0. The first-order valence-electron chi connectivity index (χ1n) is 7.45. The molecule has 1 fully saturated rings. The Kier molecular flexibility index (Phi) is 4.18. The summed E-state index contributed by atoms with van der Waals surface area (Å²) in [6.07, 6.45) is 2.71. The molecule has 0 aliphatic carbocycles. The molecule has 0 saturated carbocycles. The molecular weight excluding hydrogens is 264 g/mol. The lowest BCUT2D eigenvalue weighted by Gasteiger charge is -2.30. The maximum absolute atomic E-state index is 4.84. The van der Waals surface area contributed by atoms with Gasteiger partial charge >= 0.3 is 0 Å². The first-order valence-corrected chi connectivity index (χ1v) is 8.33. The third-order valence-electron chi connectivity index (χ3n) is 4.05. The summed E-state index contributed by atoms with van der Waals surface area (Å²) in [6, 6.07) is 8.50. The number of rotatable bonds is 3. The van der Waals surface area contributed by atoms with E-state index in [2.05, 4.69) is 48.4 Å². The molecule has 0 radical (unpaired) electrons. The van der Waals surface area contributed by atoms with E-state index in [-0.39, 0.29) is 0 Å². The maximum Gasteiger partial charge on any atom is 0.123 e. The number of hydrogen-bond acceptors (Lipinski definition) is 3. The highest BCUT2D eigenvalue weighted by atomic mass is 32.1. The number of piperidine rings is 1. The van der Waals surface area contributed by atoms with E-state index in [9.17, 15) is 0 Å². The van der Waals surface area contributed by atoms with Gasteiger partial charge in [-0.1, -0.05) is 31.2 Å². The number of thiazole rings is 1. The Hall–Kier alpha value is -1.19. The third-order valence-corrected chi connectivity index (χ3v) is 4.98. The van der Waals surface area contributed by atoms with Crippen LogP contribution >= 0.6 is 11.3 Å². The highest BCUT2D eigenvalue weighted by molar-refractivity contribution is 7.13. The van der Waals surface area contributed by atoms with Crippen LogP contribution in [0.3, 0.4) is 0 Å².